The van der Waals surface area contributed by atoms with Gasteiger partial charge >= 0.3 is 0 Å². The summed E-state index contributed by atoms with van der Waals surface area (Å²) in [5.41, 5.74) is 7.06. The van der Waals surface area contributed by atoms with Crippen LogP contribution in [0, 0.1) is 11.3 Å². The van der Waals surface area contributed by atoms with Crippen LogP contribution in [-0.2, 0) is 0 Å². The number of thioether (sulfide) groups is 1. The summed E-state index contributed by atoms with van der Waals surface area (Å²) in [7, 11) is 0. The van der Waals surface area contributed by atoms with E-state index < -0.39 is 5.91 Å². The molecule has 1 fully saturated rings. The number of likely N-dealkylation sites (tertiary alicyclic amines) is 1. The van der Waals surface area contributed by atoms with E-state index in [1.807, 2.05) is 11.8 Å². The minimum Gasteiger partial charge on any atom is -0.366 e. The van der Waals surface area contributed by atoms with Crippen molar-refractivity contribution in [3.8, 4) is 11.8 Å². The van der Waals surface area contributed by atoms with Gasteiger partial charge in [-0.05, 0) is 50.1 Å². The first-order valence-corrected chi connectivity index (χ1v) is 11.0. The molecule has 1 saturated heterocycles. The van der Waals surface area contributed by atoms with Crippen LogP contribution in [-0.4, -0.2) is 54.5 Å². The SMILES string of the molecule is C[C@@H]1CC[C@@H](Sc2cc(C#N)ccn2)CN1C(=O)c1cc(C(N)=O)ccc1-n1nccn1. The fraction of sp³-hybridized carbons (Fsp3) is 0.273. The Bertz CT molecular complexity index is 1190. The Labute approximate surface area is 189 Å². The van der Waals surface area contributed by atoms with Gasteiger partial charge in [-0.15, -0.1) is 11.8 Å². The molecule has 162 valence electrons. The zero-order valence-electron chi connectivity index (χ0n) is 17.4. The van der Waals surface area contributed by atoms with Crippen LogP contribution in [0.2, 0.25) is 0 Å². The maximum Gasteiger partial charge on any atom is 0.256 e. The minimum atomic E-state index is -0.609. The average molecular weight is 448 g/mol. The number of amides is 2. The first kappa shape index (κ1) is 21.5. The predicted octanol–water partition coefficient (Wildman–Crippen LogP) is 2.42. The van der Waals surface area contributed by atoms with Gasteiger partial charge in [0.2, 0.25) is 5.91 Å². The van der Waals surface area contributed by atoms with Crippen molar-refractivity contribution in [1.29, 1.82) is 5.26 Å². The standard InChI is InChI=1S/C22H21N7O2S/c1-14-2-4-17(32-20-10-15(12-23)6-7-25-20)13-28(14)22(31)18-11-16(21(24)30)3-5-19(18)29-26-8-9-27-29/h3,5-11,14,17H,2,4,13H2,1H3,(H2,24,30)/t14-,17-/m1/s1. The number of aromatic nitrogens is 4. The Kier molecular flexibility index (Phi) is 6.18. The zero-order chi connectivity index (χ0) is 22.7. The highest BCUT2D eigenvalue weighted by molar-refractivity contribution is 7.99. The second-order valence-corrected chi connectivity index (χ2v) is 8.85. The second kappa shape index (κ2) is 9.20. The first-order valence-electron chi connectivity index (χ1n) is 10.1. The lowest BCUT2D eigenvalue weighted by atomic mass is 10.0. The van der Waals surface area contributed by atoms with Crippen LogP contribution in [0.1, 0.15) is 46.0 Å². The van der Waals surface area contributed by atoms with E-state index in [-0.39, 0.29) is 22.8 Å². The summed E-state index contributed by atoms with van der Waals surface area (Å²) in [6.45, 7) is 2.52. The van der Waals surface area contributed by atoms with Crippen molar-refractivity contribution in [1.82, 2.24) is 24.9 Å². The molecule has 3 aromatic rings. The quantitative estimate of drug-likeness (QED) is 0.635. The van der Waals surface area contributed by atoms with E-state index in [0.717, 1.165) is 17.9 Å². The molecule has 0 unspecified atom stereocenters. The van der Waals surface area contributed by atoms with Crippen LogP contribution in [0.15, 0.2) is 53.9 Å². The summed E-state index contributed by atoms with van der Waals surface area (Å²) in [6, 6.07) is 10.3. The molecule has 32 heavy (non-hydrogen) atoms. The van der Waals surface area contributed by atoms with Gasteiger partial charge in [-0.25, -0.2) is 4.98 Å². The summed E-state index contributed by atoms with van der Waals surface area (Å²) < 4.78 is 0. The van der Waals surface area contributed by atoms with E-state index in [4.69, 9.17) is 11.0 Å². The third-order valence-corrected chi connectivity index (χ3v) is 6.58. The molecule has 0 saturated carbocycles. The molecule has 3 heterocycles. The van der Waals surface area contributed by atoms with Crippen molar-refractivity contribution in [3.05, 3.63) is 65.6 Å². The summed E-state index contributed by atoms with van der Waals surface area (Å²) in [5, 5.41) is 18.3. The van der Waals surface area contributed by atoms with Crippen LogP contribution in [0.3, 0.4) is 0 Å². The molecule has 0 bridgehead atoms. The van der Waals surface area contributed by atoms with Crippen molar-refractivity contribution in [2.45, 2.75) is 36.1 Å². The Morgan fingerprint density at radius 1 is 1.16 bits per heavy atom. The number of carbonyl (C=O) groups is 2. The van der Waals surface area contributed by atoms with Crippen LogP contribution in [0.4, 0.5) is 0 Å². The molecule has 2 aromatic heterocycles. The van der Waals surface area contributed by atoms with Gasteiger partial charge in [0.25, 0.3) is 5.91 Å². The van der Waals surface area contributed by atoms with Gasteiger partial charge in [0.05, 0.1) is 40.3 Å². The van der Waals surface area contributed by atoms with Crippen molar-refractivity contribution in [2.75, 3.05) is 6.54 Å². The van der Waals surface area contributed by atoms with Crippen molar-refractivity contribution in [3.63, 3.8) is 0 Å². The number of carbonyl (C=O) groups excluding carboxylic acids is 2. The summed E-state index contributed by atoms with van der Waals surface area (Å²) in [4.78, 5) is 32.9. The largest absolute Gasteiger partial charge is 0.366 e. The van der Waals surface area contributed by atoms with Gasteiger partial charge in [-0.2, -0.15) is 20.3 Å². The topological polar surface area (TPSA) is 131 Å². The lowest BCUT2D eigenvalue weighted by Crippen LogP contribution is -2.47. The first-order chi connectivity index (χ1) is 15.5. The molecule has 1 aromatic carbocycles. The normalized spacial score (nSPS) is 18.2. The molecule has 2 N–H and O–H groups in total. The third-order valence-electron chi connectivity index (χ3n) is 5.40. The van der Waals surface area contributed by atoms with Crippen LogP contribution in [0.5, 0.6) is 0 Å². The van der Waals surface area contributed by atoms with E-state index in [9.17, 15) is 9.59 Å². The number of piperidine rings is 1. The molecule has 1 aliphatic rings. The van der Waals surface area contributed by atoms with Gasteiger partial charge < -0.3 is 10.6 Å². The average Bonchev–Trinajstić information content (AvgIpc) is 3.34. The van der Waals surface area contributed by atoms with E-state index >= 15 is 0 Å². The van der Waals surface area contributed by atoms with Crippen LogP contribution in [0.25, 0.3) is 5.69 Å². The Balaban J connectivity index is 1.62. The minimum absolute atomic E-state index is 0.0217. The summed E-state index contributed by atoms with van der Waals surface area (Å²) in [5.74, 6) is -0.820. The van der Waals surface area contributed by atoms with E-state index in [2.05, 4.69) is 21.3 Å². The third kappa shape index (κ3) is 4.48. The van der Waals surface area contributed by atoms with E-state index in [1.54, 1.807) is 42.2 Å². The summed E-state index contributed by atoms with van der Waals surface area (Å²) >= 11 is 1.56. The monoisotopic (exact) mass is 447 g/mol. The molecule has 0 spiro atoms. The number of benzene rings is 1. The molecule has 0 radical (unpaired) electrons. The number of hydrogen-bond donors (Lipinski definition) is 1. The molecule has 0 aliphatic carbocycles. The molecular weight excluding hydrogens is 426 g/mol. The molecular formula is C22H21N7O2S. The van der Waals surface area contributed by atoms with Crippen molar-refractivity contribution in [2.24, 2.45) is 5.73 Å². The molecule has 9 nitrogen and oxygen atoms in total. The maximum absolute atomic E-state index is 13.6. The number of nitrogens with two attached hydrogens (primary N) is 1. The fourth-order valence-electron chi connectivity index (χ4n) is 3.70. The highest BCUT2D eigenvalue weighted by Gasteiger charge is 2.32. The molecule has 4 rings (SSSR count). The van der Waals surface area contributed by atoms with Crippen LogP contribution >= 0.6 is 11.8 Å². The number of nitriles is 1. The maximum atomic E-state index is 13.6. The van der Waals surface area contributed by atoms with E-state index in [0.29, 0.717) is 23.4 Å². The van der Waals surface area contributed by atoms with Gasteiger partial charge in [0, 0.05) is 29.6 Å². The number of pyridine rings is 1. The zero-order valence-corrected chi connectivity index (χ0v) is 18.2. The van der Waals surface area contributed by atoms with Crippen molar-refractivity contribution < 1.29 is 9.59 Å². The Morgan fingerprint density at radius 3 is 2.66 bits per heavy atom. The smallest absolute Gasteiger partial charge is 0.256 e. The second-order valence-electron chi connectivity index (χ2n) is 7.53. The lowest BCUT2D eigenvalue weighted by Gasteiger charge is -2.38. The van der Waals surface area contributed by atoms with Crippen molar-refractivity contribution >= 4 is 23.6 Å². The number of rotatable bonds is 5. The number of hydrogen-bond acceptors (Lipinski definition) is 7. The predicted molar refractivity (Wildman–Crippen MR) is 118 cm³/mol. The lowest BCUT2D eigenvalue weighted by molar-refractivity contribution is 0.0641. The molecule has 2 atom stereocenters. The fourth-order valence-corrected chi connectivity index (χ4v) is 4.84. The highest BCUT2D eigenvalue weighted by atomic mass is 32.2. The van der Waals surface area contributed by atoms with Gasteiger partial charge in [-0.1, -0.05) is 0 Å². The number of nitrogens with zero attached hydrogens (tertiary/aromatic N) is 6. The highest BCUT2D eigenvalue weighted by Crippen LogP contribution is 2.32. The van der Waals surface area contributed by atoms with Gasteiger partial charge in [-0.3, -0.25) is 9.59 Å². The molecule has 2 amide bonds. The molecule has 10 heteroatoms. The van der Waals surface area contributed by atoms with E-state index in [1.165, 1.54) is 23.3 Å². The molecule has 1 aliphatic heterocycles. The Morgan fingerprint density at radius 2 is 1.94 bits per heavy atom. The van der Waals surface area contributed by atoms with Gasteiger partial charge in [0.1, 0.15) is 0 Å². The Hall–Kier alpha value is -3.71. The summed E-state index contributed by atoms with van der Waals surface area (Å²) in [6.07, 6.45) is 6.41. The van der Waals surface area contributed by atoms with Gasteiger partial charge in [0.15, 0.2) is 0 Å². The number of primary amides is 1. The van der Waals surface area contributed by atoms with Crippen LogP contribution < -0.4 is 5.73 Å².